The van der Waals surface area contributed by atoms with Crippen molar-refractivity contribution in [2.75, 3.05) is 11.8 Å². The number of nitrogens with zero attached hydrogens (tertiary/aromatic N) is 1. The number of anilines is 1. The second-order valence-corrected chi connectivity index (χ2v) is 9.35. The molecule has 0 bridgehead atoms. The van der Waals surface area contributed by atoms with Crippen molar-refractivity contribution in [3.8, 4) is 5.75 Å². The van der Waals surface area contributed by atoms with Crippen molar-refractivity contribution in [2.45, 2.75) is 30.7 Å². The van der Waals surface area contributed by atoms with Crippen LogP contribution in [0.2, 0.25) is 0 Å². The minimum atomic E-state index is -4.08. The van der Waals surface area contributed by atoms with Crippen LogP contribution in [0.15, 0.2) is 77.7 Å². The Morgan fingerprint density at radius 1 is 1.06 bits per heavy atom. The van der Waals surface area contributed by atoms with E-state index >= 15 is 0 Å². The zero-order chi connectivity index (χ0) is 24.7. The maximum Gasteiger partial charge on any atom is 0.271 e. The van der Waals surface area contributed by atoms with Crippen LogP contribution in [0.3, 0.4) is 0 Å². The van der Waals surface area contributed by atoms with Gasteiger partial charge >= 0.3 is 0 Å². The lowest BCUT2D eigenvalue weighted by atomic mass is 10.1. The van der Waals surface area contributed by atoms with E-state index in [1.165, 1.54) is 49.1 Å². The Labute approximate surface area is 198 Å². The molecule has 10 heteroatoms. The van der Waals surface area contributed by atoms with Gasteiger partial charge in [0.25, 0.3) is 21.6 Å². The molecule has 2 N–H and O–H groups in total. The van der Waals surface area contributed by atoms with Gasteiger partial charge in [-0.15, -0.1) is 0 Å². The molecule has 9 nitrogen and oxygen atoms in total. The highest BCUT2D eigenvalue weighted by Crippen LogP contribution is 2.30. The van der Waals surface area contributed by atoms with Crippen LogP contribution in [-0.2, 0) is 16.4 Å². The van der Waals surface area contributed by atoms with Gasteiger partial charge in [0.2, 0.25) is 0 Å². The second-order valence-electron chi connectivity index (χ2n) is 7.67. The number of carbonyl (C=O) groups is 1. The van der Waals surface area contributed by atoms with Crippen LogP contribution in [0, 0.1) is 10.1 Å². The average molecular weight is 484 g/mol. The molecular formula is C24H25N3O6S. The van der Waals surface area contributed by atoms with Crippen molar-refractivity contribution in [1.29, 1.82) is 0 Å². The molecule has 178 valence electrons. The number of carbonyl (C=O) groups excluding carboxylic acids is 1. The molecule has 3 rings (SSSR count). The fraction of sp³-hybridized carbons (Fsp3) is 0.208. The minimum Gasteiger partial charge on any atom is -0.495 e. The van der Waals surface area contributed by atoms with Crippen LogP contribution in [0.1, 0.15) is 29.3 Å². The van der Waals surface area contributed by atoms with Gasteiger partial charge < -0.3 is 10.1 Å². The van der Waals surface area contributed by atoms with Crippen LogP contribution < -0.4 is 14.8 Å². The van der Waals surface area contributed by atoms with E-state index in [1.807, 2.05) is 37.3 Å². The number of nitro benzene ring substituents is 1. The van der Waals surface area contributed by atoms with Gasteiger partial charge in [0, 0.05) is 23.7 Å². The molecule has 0 saturated heterocycles. The molecule has 34 heavy (non-hydrogen) atoms. The summed E-state index contributed by atoms with van der Waals surface area (Å²) in [5.74, 6) is -0.174. The van der Waals surface area contributed by atoms with Crippen molar-refractivity contribution in [3.05, 3.63) is 94.0 Å². The summed E-state index contributed by atoms with van der Waals surface area (Å²) in [6.45, 7) is 1.91. The number of non-ortho nitro benzene ring substituents is 1. The Balaban J connectivity index is 1.66. The number of benzene rings is 3. The zero-order valence-corrected chi connectivity index (χ0v) is 19.5. The SMILES string of the molecule is COc1ccc([N+](=O)[O-])cc1NS(=O)(=O)c1ccc(C(=O)NC(C)CCc2ccccc2)cc1. The number of nitro groups is 1. The van der Waals surface area contributed by atoms with Crippen molar-refractivity contribution in [3.63, 3.8) is 0 Å². The van der Waals surface area contributed by atoms with E-state index in [-0.39, 0.29) is 34.0 Å². The van der Waals surface area contributed by atoms with Gasteiger partial charge in [-0.3, -0.25) is 19.6 Å². The molecule has 1 atom stereocenters. The quantitative estimate of drug-likeness (QED) is 0.329. The van der Waals surface area contributed by atoms with E-state index in [2.05, 4.69) is 10.0 Å². The van der Waals surface area contributed by atoms with Crippen molar-refractivity contribution >= 4 is 27.3 Å². The third-order valence-corrected chi connectivity index (χ3v) is 6.53. The van der Waals surface area contributed by atoms with Crippen LogP contribution in [0.25, 0.3) is 0 Å². The van der Waals surface area contributed by atoms with Gasteiger partial charge in [-0.25, -0.2) is 8.42 Å². The molecule has 0 heterocycles. The first-order valence-corrected chi connectivity index (χ1v) is 12.0. The summed E-state index contributed by atoms with van der Waals surface area (Å²) in [5, 5.41) is 13.9. The maximum absolute atomic E-state index is 12.8. The normalized spacial score (nSPS) is 11.9. The number of methoxy groups -OCH3 is 1. The Bertz CT molecular complexity index is 1260. The monoisotopic (exact) mass is 483 g/mol. The van der Waals surface area contributed by atoms with Crippen LogP contribution in [0.5, 0.6) is 5.75 Å². The smallest absolute Gasteiger partial charge is 0.271 e. The average Bonchev–Trinajstić information content (AvgIpc) is 2.83. The highest BCUT2D eigenvalue weighted by atomic mass is 32.2. The summed E-state index contributed by atoms with van der Waals surface area (Å²) in [6, 6.07) is 18.9. The zero-order valence-electron chi connectivity index (χ0n) is 18.7. The molecule has 0 aliphatic carbocycles. The first-order chi connectivity index (χ1) is 16.2. The standard InChI is InChI=1S/C24H25N3O6S/c1-17(8-9-18-6-4-3-5-7-18)25-24(28)19-10-13-21(14-11-19)34(31,32)26-22-16-20(27(29)30)12-15-23(22)33-2/h3-7,10-17,26H,8-9H2,1-2H3,(H,25,28). The summed E-state index contributed by atoms with van der Waals surface area (Å²) in [6.07, 6.45) is 1.59. The summed E-state index contributed by atoms with van der Waals surface area (Å²) in [4.78, 5) is 22.8. The number of rotatable bonds is 10. The summed E-state index contributed by atoms with van der Waals surface area (Å²) < 4.78 is 33.0. The predicted octanol–water partition coefficient (Wildman–Crippen LogP) is 4.16. The first-order valence-electron chi connectivity index (χ1n) is 10.5. The maximum atomic E-state index is 12.8. The molecular weight excluding hydrogens is 458 g/mol. The van der Waals surface area contributed by atoms with Gasteiger partial charge in [0.05, 0.1) is 22.6 Å². The third kappa shape index (κ3) is 6.32. The fourth-order valence-corrected chi connectivity index (χ4v) is 4.35. The van der Waals surface area contributed by atoms with Gasteiger partial charge in [-0.05, 0) is 55.7 Å². The number of ether oxygens (including phenoxy) is 1. The molecule has 3 aromatic carbocycles. The number of sulfonamides is 1. The van der Waals surface area contributed by atoms with Crippen molar-refractivity contribution in [2.24, 2.45) is 0 Å². The van der Waals surface area contributed by atoms with Crippen molar-refractivity contribution in [1.82, 2.24) is 5.32 Å². The van der Waals surface area contributed by atoms with E-state index < -0.39 is 14.9 Å². The summed E-state index contributed by atoms with van der Waals surface area (Å²) >= 11 is 0. The van der Waals surface area contributed by atoms with E-state index in [1.54, 1.807) is 0 Å². The van der Waals surface area contributed by atoms with Gasteiger partial charge in [0.1, 0.15) is 5.75 Å². The van der Waals surface area contributed by atoms with E-state index in [0.717, 1.165) is 18.9 Å². The molecule has 0 saturated carbocycles. The summed E-state index contributed by atoms with van der Waals surface area (Å²) in [7, 11) is -2.75. The van der Waals surface area contributed by atoms with Gasteiger partial charge in [-0.1, -0.05) is 30.3 Å². The Kier molecular flexibility index (Phi) is 7.85. The summed E-state index contributed by atoms with van der Waals surface area (Å²) in [5.41, 5.74) is 1.15. The van der Waals surface area contributed by atoms with E-state index in [0.29, 0.717) is 5.56 Å². The molecule has 0 fully saturated rings. The lowest BCUT2D eigenvalue weighted by Crippen LogP contribution is -2.32. The van der Waals surface area contributed by atoms with Crippen LogP contribution in [-0.4, -0.2) is 32.4 Å². The highest BCUT2D eigenvalue weighted by Gasteiger charge is 2.20. The Morgan fingerprint density at radius 2 is 1.74 bits per heavy atom. The minimum absolute atomic E-state index is 0.0641. The van der Waals surface area contributed by atoms with Gasteiger partial charge in [-0.2, -0.15) is 0 Å². The van der Waals surface area contributed by atoms with Gasteiger partial charge in [0.15, 0.2) is 0 Å². The van der Waals surface area contributed by atoms with Crippen LogP contribution in [0.4, 0.5) is 11.4 Å². The molecule has 0 aliphatic heterocycles. The topological polar surface area (TPSA) is 128 Å². The van der Waals surface area contributed by atoms with E-state index in [4.69, 9.17) is 4.74 Å². The van der Waals surface area contributed by atoms with Crippen molar-refractivity contribution < 1.29 is 22.9 Å². The van der Waals surface area contributed by atoms with Crippen LogP contribution >= 0.6 is 0 Å². The number of amides is 1. The molecule has 0 aromatic heterocycles. The largest absolute Gasteiger partial charge is 0.495 e. The molecule has 3 aromatic rings. The molecule has 0 aliphatic rings. The molecule has 0 radical (unpaired) electrons. The Hall–Kier alpha value is -3.92. The number of hydrogen-bond acceptors (Lipinski definition) is 6. The lowest BCUT2D eigenvalue weighted by molar-refractivity contribution is -0.384. The molecule has 1 unspecified atom stereocenters. The third-order valence-electron chi connectivity index (χ3n) is 5.15. The number of hydrogen-bond donors (Lipinski definition) is 2. The fourth-order valence-electron chi connectivity index (χ4n) is 3.29. The lowest BCUT2D eigenvalue weighted by Gasteiger charge is -2.15. The first kappa shape index (κ1) is 24.7. The molecule has 1 amide bonds. The predicted molar refractivity (Wildman–Crippen MR) is 129 cm³/mol. The highest BCUT2D eigenvalue weighted by molar-refractivity contribution is 7.92. The number of aryl methyl sites for hydroxylation is 1. The second kappa shape index (κ2) is 10.8. The van der Waals surface area contributed by atoms with E-state index in [9.17, 15) is 23.3 Å². The Morgan fingerprint density at radius 3 is 2.35 bits per heavy atom. The number of nitrogens with one attached hydrogen (secondary N) is 2. The molecule has 0 spiro atoms.